The van der Waals surface area contributed by atoms with E-state index in [-0.39, 0.29) is 17.5 Å². The molecule has 1 atom stereocenters. The molecule has 0 aromatic heterocycles. The van der Waals surface area contributed by atoms with Crippen LogP contribution in [0.25, 0.3) is 0 Å². The zero-order valence-electron chi connectivity index (χ0n) is 17.4. The second-order valence-electron chi connectivity index (χ2n) is 7.70. The van der Waals surface area contributed by atoms with Gasteiger partial charge in [-0.25, -0.2) is 9.59 Å². The fourth-order valence-corrected chi connectivity index (χ4v) is 2.29. The summed E-state index contributed by atoms with van der Waals surface area (Å²) in [6.45, 7) is 19.3. The van der Waals surface area contributed by atoms with E-state index in [1.807, 2.05) is 13.8 Å². The lowest BCUT2D eigenvalue weighted by Gasteiger charge is -2.30. The van der Waals surface area contributed by atoms with Gasteiger partial charge in [0.25, 0.3) is 0 Å². The van der Waals surface area contributed by atoms with Gasteiger partial charge in [-0.2, -0.15) is 0 Å². The van der Waals surface area contributed by atoms with Crippen LogP contribution in [0.4, 0.5) is 0 Å². The van der Waals surface area contributed by atoms with Gasteiger partial charge >= 0.3 is 11.9 Å². The molecule has 5 heteroatoms. The quantitative estimate of drug-likeness (QED) is 0.267. The fourth-order valence-electron chi connectivity index (χ4n) is 2.29. The Morgan fingerprint density at radius 1 is 0.885 bits per heavy atom. The Morgan fingerprint density at radius 3 is 1.92 bits per heavy atom. The van der Waals surface area contributed by atoms with Gasteiger partial charge in [-0.3, -0.25) is 0 Å². The van der Waals surface area contributed by atoms with Gasteiger partial charge in [-0.15, -0.1) is 0 Å². The van der Waals surface area contributed by atoms with Crippen molar-refractivity contribution in [2.24, 2.45) is 0 Å². The molecule has 0 N–H and O–H groups in total. The fraction of sp³-hybridized carbons (Fsp3) is 0.714. The summed E-state index contributed by atoms with van der Waals surface area (Å²) in [5.41, 5.74) is 0.0158. The highest BCUT2D eigenvalue weighted by Gasteiger charge is 2.25. The van der Waals surface area contributed by atoms with Crippen molar-refractivity contribution in [3.8, 4) is 0 Å². The number of carbonyl (C=O) groups is 2. The molecule has 0 amide bonds. The highest BCUT2D eigenvalue weighted by atomic mass is 16.6. The molecule has 0 aliphatic heterocycles. The zero-order valence-corrected chi connectivity index (χ0v) is 17.4. The first-order valence-electron chi connectivity index (χ1n) is 9.28. The van der Waals surface area contributed by atoms with Crippen molar-refractivity contribution in [2.75, 3.05) is 13.2 Å². The van der Waals surface area contributed by atoms with Crippen molar-refractivity contribution >= 4 is 11.9 Å². The molecule has 26 heavy (non-hydrogen) atoms. The summed E-state index contributed by atoms with van der Waals surface area (Å²) in [6, 6.07) is 0. The predicted octanol–water partition coefficient (Wildman–Crippen LogP) is 4.75. The highest BCUT2D eigenvalue weighted by molar-refractivity contribution is 5.87. The van der Waals surface area contributed by atoms with Crippen LogP contribution in [0.2, 0.25) is 0 Å². The van der Waals surface area contributed by atoms with E-state index in [0.29, 0.717) is 30.8 Å². The minimum atomic E-state index is -0.543. The molecular weight excluding hydrogens is 332 g/mol. The lowest BCUT2D eigenvalue weighted by molar-refractivity contribution is -0.152. The van der Waals surface area contributed by atoms with E-state index in [2.05, 4.69) is 27.0 Å². The van der Waals surface area contributed by atoms with Crippen molar-refractivity contribution in [3.63, 3.8) is 0 Å². The van der Waals surface area contributed by atoms with Gasteiger partial charge in [-0.1, -0.05) is 20.1 Å². The summed E-state index contributed by atoms with van der Waals surface area (Å²) in [5, 5.41) is 0. The van der Waals surface area contributed by atoms with Crippen LogP contribution in [0, 0.1) is 0 Å². The average Bonchev–Trinajstić information content (AvgIpc) is 2.54. The molecule has 0 aliphatic carbocycles. The smallest absolute Gasteiger partial charge is 0.333 e. The maximum Gasteiger partial charge on any atom is 0.333 e. The van der Waals surface area contributed by atoms with E-state index >= 15 is 0 Å². The zero-order chi connectivity index (χ0) is 20.4. The molecule has 0 spiro atoms. The number of ether oxygens (including phenoxy) is 3. The maximum atomic E-state index is 11.6. The maximum absolute atomic E-state index is 11.6. The molecule has 0 fully saturated rings. The Kier molecular flexibility index (Phi) is 10.5. The van der Waals surface area contributed by atoms with Crippen LogP contribution in [-0.2, 0) is 23.8 Å². The van der Waals surface area contributed by atoms with Crippen molar-refractivity contribution in [1.82, 2.24) is 0 Å². The molecule has 0 unspecified atom stereocenters. The van der Waals surface area contributed by atoms with Crippen LogP contribution < -0.4 is 0 Å². The van der Waals surface area contributed by atoms with E-state index in [0.717, 1.165) is 25.7 Å². The summed E-state index contributed by atoms with van der Waals surface area (Å²) in [4.78, 5) is 23.0. The van der Waals surface area contributed by atoms with Crippen molar-refractivity contribution in [3.05, 3.63) is 24.3 Å². The van der Waals surface area contributed by atoms with Crippen LogP contribution in [0.15, 0.2) is 24.3 Å². The molecule has 0 aromatic carbocycles. The summed E-state index contributed by atoms with van der Waals surface area (Å²) >= 11 is 0. The number of rotatable bonds is 13. The van der Waals surface area contributed by atoms with E-state index in [1.165, 1.54) is 0 Å². The SMILES string of the molecule is C=C(C)C(=O)OCCC[C@@](C)(CC)OCCCC(C)(C)OC(=O)C(=C)C. The summed E-state index contributed by atoms with van der Waals surface area (Å²) in [5.74, 6) is -0.714. The van der Waals surface area contributed by atoms with E-state index < -0.39 is 5.60 Å². The topological polar surface area (TPSA) is 61.8 Å². The number of carbonyl (C=O) groups excluding carboxylic acids is 2. The minimum absolute atomic E-state index is 0.256. The first kappa shape index (κ1) is 24.4. The first-order valence-corrected chi connectivity index (χ1v) is 9.28. The van der Waals surface area contributed by atoms with Gasteiger partial charge in [0.15, 0.2) is 0 Å². The molecule has 0 bridgehead atoms. The van der Waals surface area contributed by atoms with E-state index in [4.69, 9.17) is 14.2 Å². The molecule has 150 valence electrons. The standard InChI is InChI=1S/C21H36O5/c1-9-21(8,13-11-14-24-18(22)16(2)3)25-15-10-12-20(6,7)26-19(23)17(4)5/h2,4,9-15H2,1,3,5-8H3/t21-/m1/s1. The number of hydrogen-bond acceptors (Lipinski definition) is 5. The van der Waals surface area contributed by atoms with Gasteiger partial charge in [0, 0.05) is 17.8 Å². The summed E-state index contributed by atoms with van der Waals surface area (Å²) in [7, 11) is 0. The van der Waals surface area contributed by atoms with Crippen molar-refractivity contribution in [1.29, 1.82) is 0 Å². The van der Waals surface area contributed by atoms with E-state index in [9.17, 15) is 9.59 Å². The Hall–Kier alpha value is -1.62. The largest absolute Gasteiger partial charge is 0.462 e. The second kappa shape index (κ2) is 11.2. The number of hydrogen-bond donors (Lipinski definition) is 0. The molecule has 5 nitrogen and oxygen atoms in total. The molecular formula is C21H36O5. The monoisotopic (exact) mass is 368 g/mol. The molecule has 0 aromatic rings. The third-order valence-electron chi connectivity index (χ3n) is 4.27. The molecule has 0 aliphatic rings. The Labute approximate surface area is 158 Å². The third-order valence-corrected chi connectivity index (χ3v) is 4.27. The molecule has 0 saturated carbocycles. The second-order valence-corrected chi connectivity index (χ2v) is 7.70. The van der Waals surface area contributed by atoms with E-state index in [1.54, 1.807) is 13.8 Å². The average molecular weight is 369 g/mol. The van der Waals surface area contributed by atoms with Gasteiger partial charge < -0.3 is 14.2 Å². The molecule has 0 saturated heterocycles. The number of esters is 2. The van der Waals surface area contributed by atoms with Gasteiger partial charge in [0.05, 0.1) is 12.2 Å². The predicted molar refractivity (Wildman–Crippen MR) is 104 cm³/mol. The van der Waals surface area contributed by atoms with Crippen LogP contribution in [0.1, 0.15) is 73.6 Å². The Morgan fingerprint density at radius 2 is 1.42 bits per heavy atom. The van der Waals surface area contributed by atoms with Crippen LogP contribution >= 0.6 is 0 Å². The van der Waals surface area contributed by atoms with Crippen molar-refractivity contribution < 1.29 is 23.8 Å². The normalized spacial score (nSPS) is 13.6. The highest BCUT2D eigenvalue weighted by Crippen LogP contribution is 2.24. The first-order chi connectivity index (χ1) is 11.9. The minimum Gasteiger partial charge on any atom is -0.462 e. The van der Waals surface area contributed by atoms with Crippen LogP contribution in [-0.4, -0.2) is 36.4 Å². The third kappa shape index (κ3) is 10.4. The van der Waals surface area contributed by atoms with Crippen LogP contribution in [0.5, 0.6) is 0 Å². The Bertz CT molecular complexity index is 507. The Balaban J connectivity index is 4.19. The lowest BCUT2D eigenvalue weighted by atomic mass is 9.96. The van der Waals surface area contributed by atoms with Crippen LogP contribution in [0.3, 0.4) is 0 Å². The summed E-state index contributed by atoms with van der Waals surface area (Å²) < 4.78 is 16.6. The molecule has 0 heterocycles. The van der Waals surface area contributed by atoms with Gasteiger partial charge in [0.2, 0.25) is 0 Å². The summed E-state index contributed by atoms with van der Waals surface area (Å²) in [6.07, 6.45) is 3.92. The lowest BCUT2D eigenvalue weighted by Crippen LogP contribution is -2.31. The van der Waals surface area contributed by atoms with Crippen molar-refractivity contribution in [2.45, 2.75) is 84.8 Å². The van der Waals surface area contributed by atoms with Gasteiger partial charge in [-0.05, 0) is 66.7 Å². The molecule has 0 rings (SSSR count). The molecule has 0 radical (unpaired) electrons. The van der Waals surface area contributed by atoms with Gasteiger partial charge in [0.1, 0.15) is 5.60 Å².